The molecule has 0 aromatic rings. The second kappa shape index (κ2) is 17.0. The minimum atomic E-state index is 0.0290. The standard InChI is InChI=1S/C23H46O3/c1-3-5-7-9-10-12-17-22(16-11-8-6-4-2)23-25-19-21(20-26-23)15-13-14-18-24/h21-24H,3-20H2,1-2H3. The summed E-state index contributed by atoms with van der Waals surface area (Å²) in [5, 5.41) is 8.92. The van der Waals surface area contributed by atoms with E-state index in [1.165, 1.54) is 77.0 Å². The zero-order chi connectivity index (χ0) is 18.9. The molecule has 0 aromatic carbocycles. The third kappa shape index (κ3) is 11.6. The average Bonchev–Trinajstić information content (AvgIpc) is 2.67. The van der Waals surface area contributed by atoms with Gasteiger partial charge in [0.2, 0.25) is 0 Å². The van der Waals surface area contributed by atoms with E-state index in [4.69, 9.17) is 14.6 Å². The third-order valence-corrected chi connectivity index (χ3v) is 5.75. The highest BCUT2D eigenvalue weighted by Crippen LogP contribution is 2.28. The molecule has 0 amide bonds. The Morgan fingerprint density at radius 2 is 1.27 bits per heavy atom. The second-order valence-electron chi connectivity index (χ2n) is 8.29. The van der Waals surface area contributed by atoms with Crippen molar-refractivity contribution in [3.63, 3.8) is 0 Å². The van der Waals surface area contributed by atoms with Crippen LogP contribution in [0.1, 0.15) is 110 Å². The molecule has 1 rings (SSSR count). The number of hydrogen-bond donors (Lipinski definition) is 1. The van der Waals surface area contributed by atoms with E-state index in [1.54, 1.807) is 0 Å². The van der Waals surface area contributed by atoms with Crippen LogP contribution in [0.5, 0.6) is 0 Å². The van der Waals surface area contributed by atoms with Gasteiger partial charge >= 0.3 is 0 Å². The molecule has 0 saturated carbocycles. The smallest absolute Gasteiger partial charge is 0.160 e. The van der Waals surface area contributed by atoms with Crippen LogP contribution in [0, 0.1) is 11.8 Å². The van der Waals surface area contributed by atoms with Crippen molar-refractivity contribution in [1.82, 2.24) is 0 Å². The fraction of sp³-hybridized carbons (Fsp3) is 1.00. The molecule has 0 bridgehead atoms. The predicted molar refractivity (Wildman–Crippen MR) is 110 cm³/mol. The highest BCUT2D eigenvalue weighted by atomic mass is 16.7. The van der Waals surface area contributed by atoms with Gasteiger partial charge in [-0.25, -0.2) is 0 Å². The molecule has 3 heteroatoms. The minimum absolute atomic E-state index is 0.0290. The maximum absolute atomic E-state index is 8.92. The highest BCUT2D eigenvalue weighted by molar-refractivity contribution is 4.70. The van der Waals surface area contributed by atoms with E-state index in [2.05, 4.69) is 13.8 Å². The monoisotopic (exact) mass is 370 g/mol. The number of unbranched alkanes of at least 4 members (excludes halogenated alkanes) is 9. The number of ether oxygens (including phenoxy) is 2. The molecular formula is C23H46O3. The first-order chi connectivity index (χ1) is 12.8. The number of aliphatic hydroxyl groups is 1. The topological polar surface area (TPSA) is 38.7 Å². The normalized spacial score (nSPS) is 21.8. The zero-order valence-electron chi connectivity index (χ0n) is 17.7. The first kappa shape index (κ1) is 23.9. The van der Waals surface area contributed by atoms with Gasteiger partial charge in [0, 0.05) is 18.4 Å². The van der Waals surface area contributed by atoms with Crippen LogP contribution < -0.4 is 0 Å². The molecule has 3 nitrogen and oxygen atoms in total. The first-order valence-corrected chi connectivity index (χ1v) is 11.7. The van der Waals surface area contributed by atoms with Crippen LogP contribution in [0.4, 0.5) is 0 Å². The molecule has 26 heavy (non-hydrogen) atoms. The van der Waals surface area contributed by atoms with E-state index in [9.17, 15) is 0 Å². The molecule has 1 fully saturated rings. The van der Waals surface area contributed by atoms with Crippen molar-refractivity contribution in [2.24, 2.45) is 11.8 Å². The highest BCUT2D eigenvalue weighted by Gasteiger charge is 2.28. The summed E-state index contributed by atoms with van der Waals surface area (Å²) < 4.78 is 12.3. The lowest BCUT2D eigenvalue weighted by atomic mass is 9.93. The van der Waals surface area contributed by atoms with Crippen LogP contribution in [-0.4, -0.2) is 31.2 Å². The summed E-state index contributed by atoms with van der Waals surface area (Å²) in [6.07, 6.45) is 19.1. The van der Waals surface area contributed by atoms with Gasteiger partial charge in [-0.1, -0.05) is 84.5 Å². The lowest BCUT2D eigenvalue weighted by Crippen LogP contribution is -2.37. The van der Waals surface area contributed by atoms with Crippen molar-refractivity contribution in [2.75, 3.05) is 19.8 Å². The summed E-state index contributed by atoms with van der Waals surface area (Å²) in [5.74, 6) is 1.10. The number of rotatable bonds is 17. The zero-order valence-corrected chi connectivity index (χ0v) is 17.7. The summed E-state index contributed by atoms with van der Waals surface area (Å²) in [7, 11) is 0. The Balaban J connectivity index is 2.28. The first-order valence-electron chi connectivity index (χ1n) is 11.7. The van der Waals surface area contributed by atoms with E-state index >= 15 is 0 Å². The number of aliphatic hydroxyl groups excluding tert-OH is 1. The second-order valence-corrected chi connectivity index (χ2v) is 8.29. The maximum atomic E-state index is 8.92. The maximum Gasteiger partial charge on any atom is 0.160 e. The Morgan fingerprint density at radius 3 is 1.85 bits per heavy atom. The molecule has 1 saturated heterocycles. The van der Waals surface area contributed by atoms with Gasteiger partial charge in [0.05, 0.1) is 13.2 Å². The van der Waals surface area contributed by atoms with Gasteiger partial charge in [-0.3, -0.25) is 0 Å². The van der Waals surface area contributed by atoms with Crippen LogP contribution in [0.2, 0.25) is 0 Å². The van der Waals surface area contributed by atoms with E-state index in [0.29, 0.717) is 18.4 Å². The quantitative estimate of drug-likeness (QED) is 0.298. The van der Waals surface area contributed by atoms with E-state index in [0.717, 1.165) is 32.5 Å². The molecule has 156 valence electrons. The molecule has 1 atom stereocenters. The number of hydrogen-bond acceptors (Lipinski definition) is 3. The minimum Gasteiger partial charge on any atom is -0.396 e. The van der Waals surface area contributed by atoms with Crippen LogP contribution >= 0.6 is 0 Å². The van der Waals surface area contributed by atoms with Crippen molar-refractivity contribution < 1.29 is 14.6 Å². The van der Waals surface area contributed by atoms with Crippen molar-refractivity contribution in [3.05, 3.63) is 0 Å². The fourth-order valence-corrected chi connectivity index (χ4v) is 3.98. The predicted octanol–water partition coefficient (Wildman–Crippen LogP) is 6.48. The molecule has 0 aromatic heterocycles. The van der Waals surface area contributed by atoms with Gasteiger partial charge in [-0.05, 0) is 25.7 Å². The van der Waals surface area contributed by atoms with Crippen LogP contribution in [0.15, 0.2) is 0 Å². The summed E-state index contributed by atoms with van der Waals surface area (Å²) in [5.41, 5.74) is 0. The van der Waals surface area contributed by atoms with Gasteiger partial charge in [0.15, 0.2) is 6.29 Å². The molecule has 0 aliphatic carbocycles. The van der Waals surface area contributed by atoms with Gasteiger partial charge in [-0.15, -0.1) is 0 Å². The Hall–Kier alpha value is -0.120. The largest absolute Gasteiger partial charge is 0.396 e. The molecule has 1 aliphatic rings. The Labute approximate surface area is 163 Å². The molecule has 1 N–H and O–H groups in total. The Kier molecular flexibility index (Phi) is 15.6. The molecule has 1 unspecified atom stereocenters. The van der Waals surface area contributed by atoms with Crippen molar-refractivity contribution in [1.29, 1.82) is 0 Å². The summed E-state index contributed by atoms with van der Waals surface area (Å²) in [6.45, 7) is 6.55. The van der Waals surface area contributed by atoms with Gasteiger partial charge < -0.3 is 14.6 Å². The van der Waals surface area contributed by atoms with Crippen molar-refractivity contribution >= 4 is 0 Å². The molecule has 0 spiro atoms. The van der Waals surface area contributed by atoms with E-state index < -0.39 is 0 Å². The van der Waals surface area contributed by atoms with Gasteiger partial charge in [0.25, 0.3) is 0 Å². The van der Waals surface area contributed by atoms with E-state index in [1.807, 2.05) is 0 Å². The van der Waals surface area contributed by atoms with Gasteiger partial charge in [0.1, 0.15) is 0 Å². The van der Waals surface area contributed by atoms with Gasteiger partial charge in [-0.2, -0.15) is 0 Å². The molecule has 1 aliphatic heterocycles. The Bertz CT molecular complexity index is 287. The summed E-state index contributed by atoms with van der Waals surface area (Å²) in [6, 6.07) is 0. The van der Waals surface area contributed by atoms with Crippen molar-refractivity contribution in [2.45, 2.75) is 116 Å². The lowest BCUT2D eigenvalue weighted by molar-refractivity contribution is -0.227. The van der Waals surface area contributed by atoms with Crippen molar-refractivity contribution in [3.8, 4) is 0 Å². The molecule has 0 radical (unpaired) electrons. The third-order valence-electron chi connectivity index (χ3n) is 5.75. The fourth-order valence-electron chi connectivity index (χ4n) is 3.98. The summed E-state index contributed by atoms with van der Waals surface area (Å²) >= 11 is 0. The molecule has 1 heterocycles. The SMILES string of the molecule is CCCCCCCCC(CCCCCC)C1OCC(CCCCO)CO1. The van der Waals surface area contributed by atoms with Crippen LogP contribution in [0.25, 0.3) is 0 Å². The van der Waals surface area contributed by atoms with Crippen LogP contribution in [0.3, 0.4) is 0 Å². The van der Waals surface area contributed by atoms with Crippen LogP contribution in [-0.2, 0) is 9.47 Å². The molecular weight excluding hydrogens is 324 g/mol. The average molecular weight is 371 g/mol. The summed E-state index contributed by atoms with van der Waals surface area (Å²) in [4.78, 5) is 0. The lowest BCUT2D eigenvalue weighted by Gasteiger charge is -2.34. The Morgan fingerprint density at radius 1 is 0.731 bits per heavy atom. The van der Waals surface area contributed by atoms with E-state index in [-0.39, 0.29) is 6.29 Å².